The van der Waals surface area contributed by atoms with E-state index in [0.717, 1.165) is 11.6 Å². The molecule has 0 bridgehead atoms. The second kappa shape index (κ2) is 9.00. The summed E-state index contributed by atoms with van der Waals surface area (Å²) in [6.45, 7) is 1.21. The number of nitro groups is 1. The number of hydrogen-bond acceptors (Lipinski definition) is 6. The largest absolute Gasteiger partial charge is 0.496 e. The topological polar surface area (TPSA) is 108 Å². The minimum absolute atomic E-state index is 0.110. The number of esters is 1. The number of amides is 1. The maximum absolute atomic E-state index is 12.2. The van der Waals surface area contributed by atoms with Crippen LogP contribution < -0.4 is 10.1 Å². The van der Waals surface area contributed by atoms with Crippen LogP contribution in [0.3, 0.4) is 0 Å². The van der Waals surface area contributed by atoms with E-state index in [9.17, 15) is 19.7 Å². The number of ether oxygens (including phenoxy) is 2. The van der Waals surface area contributed by atoms with Crippen molar-refractivity contribution in [2.75, 3.05) is 13.7 Å². The summed E-state index contributed by atoms with van der Waals surface area (Å²) in [6, 6.07) is 10.2. The molecule has 8 nitrogen and oxygen atoms in total. The molecular weight excluding hydrogens is 376 g/mol. The SMILES string of the molecule is COc1ccc([N+](=O)[O-])cc1C(=O)OCC(=O)N[C@H](C)c1cccc(Cl)c1. The summed E-state index contributed by atoms with van der Waals surface area (Å²) in [5.41, 5.74) is 0.367. The van der Waals surface area contributed by atoms with Gasteiger partial charge in [0.1, 0.15) is 11.3 Å². The molecule has 0 saturated heterocycles. The second-order valence-corrected chi connectivity index (χ2v) is 6.00. The Balaban J connectivity index is 1.99. The molecular formula is C18H17ClN2O6. The molecule has 0 aliphatic heterocycles. The Bertz CT molecular complexity index is 871. The average molecular weight is 393 g/mol. The number of nitrogens with one attached hydrogen (secondary N) is 1. The lowest BCUT2D eigenvalue weighted by atomic mass is 10.1. The van der Waals surface area contributed by atoms with Gasteiger partial charge in [-0.15, -0.1) is 0 Å². The molecule has 0 unspecified atom stereocenters. The van der Waals surface area contributed by atoms with E-state index >= 15 is 0 Å². The van der Waals surface area contributed by atoms with Crippen LogP contribution in [0, 0.1) is 10.1 Å². The molecule has 0 spiro atoms. The molecule has 0 fully saturated rings. The van der Waals surface area contributed by atoms with Gasteiger partial charge < -0.3 is 14.8 Å². The van der Waals surface area contributed by atoms with E-state index in [4.69, 9.17) is 21.1 Å². The number of carbonyl (C=O) groups excluding carboxylic acids is 2. The highest BCUT2D eigenvalue weighted by Crippen LogP contribution is 2.24. The lowest BCUT2D eigenvalue weighted by molar-refractivity contribution is -0.384. The summed E-state index contributed by atoms with van der Waals surface area (Å²) < 4.78 is 9.95. The average Bonchev–Trinajstić information content (AvgIpc) is 2.65. The van der Waals surface area contributed by atoms with Crippen LogP contribution in [-0.2, 0) is 9.53 Å². The fourth-order valence-electron chi connectivity index (χ4n) is 2.32. The summed E-state index contributed by atoms with van der Waals surface area (Å²) in [6.07, 6.45) is 0. The zero-order valence-electron chi connectivity index (χ0n) is 14.6. The molecule has 0 aromatic heterocycles. The van der Waals surface area contributed by atoms with Crippen molar-refractivity contribution in [2.45, 2.75) is 13.0 Å². The van der Waals surface area contributed by atoms with Gasteiger partial charge in [0.25, 0.3) is 11.6 Å². The van der Waals surface area contributed by atoms with Crippen molar-refractivity contribution in [3.63, 3.8) is 0 Å². The van der Waals surface area contributed by atoms with Gasteiger partial charge in [0.2, 0.25) is 0 Å². The number of methoxy groups -OCH3 is 1. The van der Waals surface area contributed by atoms with E-state index in [2.05, 4.69) is 5.32 Å². The van der Waals surface area contributed by atoms with Crippen LogP contribution in [0.5, 0.6) is 5.75 Å². The first kappa shape index (κ1) is 20.2. The molecule has 1 atom stereocenters. The molecule has 142 valence electrons. The van der Waals surface area contributed by atoms with E-state index in [1.54, 1.807) is 31.2 Å². The molecule has 9 heteroatoms. The minimum atomic E-state index is -0.902. The molecule has 0 aliphatic carbocycles. The molecule has 0 radical (unpaired) electrons. The quantitative estimate of drug-likeness (QED) is 0.440. The van der Waals surface area contributed by atoms with Gasteiger partial charge in [-0.05, 0) is 30.7 Å². The number of nitrogens with zero attached hydrogens (tertiary/aromatic N) is 1. The van der Waals surface area contributed by atoms with Gasteiger partial charge in [0, 0.05) is 17.2 Å². The van der Waals surface area contributed by atoms with Gasteiger partial charge in [-0.3, -0.25) is 14.9 Å². The molecule has 0 saturated carbocycles. The van der Waals surface area contributed by atoms with Crippen LogP contribution in [0.25, 0.3) is 0 Å². The molecule has 1 N–H and O–H groups in total. The normalized spacial score (nSPS) is 11.4. The van der Waals surface area contributed by atoms with Crippen LogP contribution >= 0.6 is 11.6 Å². The zero-order chi connectivity index (χ0) is 20.0. The highest BCUT2D eigenvalue weighted by molar-refractivity contribution is 6.30. The Labute approximate surface area is 160 Å². The van der Waals surface area contributed by atoms with Crippen molar-refractivity contribution in [1.29, 1.82) is 0 Å². The lowest BCUT2D eigenvalue weighted by Crippen LogP contribution is -2.31. The lowest BCUT2D eigenvalue weighted by Gasteiger charge is -2.15. The number of hydrogen-bond donors (Lipinski definition) is 1. The predicted octanol–water partition coefficient (Wildman–Crippen LogP) is 3.29. The van der Waals surface area contributed by atoms with Gasteiger partial charge in [-0.2, -0.15) is 0 Å². The number of rotatable bonds is 7. The zero-order valence-corrected chi connectivity index (χ0v) is 15.4. The van der Waals surface area contributed by atoms with Gasteiger partial charge >= 0.3 is 5.97 Å². The Kier molecular flexibility index (Phi) is 6.73. The Morgan fingerprint density at radius 2 is 2.00 bits per heavy atom. The first-order valence-electron chi connectivity index (χ1n) is 7.86. The molecule has 27 heavy (non-hydrogen) atoms. The van der Waals surface area contributed by atoms with Crippen molar-refractivity contribution >= 4 is 29.2 Å². The van der Waals surface area contributed by atoms with E-state index in [1.165, 1.54) is 19.2 Å². The first-order valence-corrected chi connectivity index (χ1v) is 8.24. The molecule has 2 aromatic rings. The fraction of sp³-hybridized carbons (Fsp3) is 0.222. The van der Waals surface area contributed by atoms with Crippen molar-refractivity contribution in [3.8, 4) is 5.75 Å². The van der Waals surface area contributed by atoms with Crippen LogP contribution in [0.15, 0.2) is 42.5 Å². The van der Waals surface area contributed by atoms with E-state index in [1.807, 2.05) is 0 Å². The van der Waals surface area contributed by atoms with Crippen LogP contribution in [0.2, 0.25) is 5.02 Å². The van der Waals surface area contributed by atoms with E-state index in [0.29, 0.717) is 5.02 Å². The molecule has 0 heterocycles. The smallest absolute Gasteiger partial charge is 0.342 e. The van der Waals surface area contributed by atoms with Crippen molar-refractivity contribution in [1.82, 2.24) is 5.32 Å². The third kappa shape index (κ3) is 5.42. The maximum atomic E-state index is 12.2. The number of nitro benzene ring substituents is 1. The van der Waals surface area contributed by atoms with E-state index in [-0.39, 0.29) is 23.0 Å². The van der Waals surface area contributed by atoms with Crippen molar-refractivity contribution in [3.05, 3.63) is 68.7 Å². The fourth-order valence-corrected chi connectivity index (χ4v) is 2.52. The third-order valence-electron chi connectivity index (χ3n) is 3.67. The standard InChI is InChI=1S/C18H17ClN2O6/c1-11(12-4-3-5-13(19)8-12)20-17(22)10-27-18(23)15-9-14(21(24)25)6-7-16(15)26-2/h3-9,11H,10H2,1-2H3,(H,20,22)/t11-/m1/s1. The number of benzene rings is 2. The summed E-state index contributed by atoms with van der Waals surface area (Å²) in [4.78, 5) is 34.4. The number of non-ortho nitro benzene ring substituents is 1. The first-order chi connectivity index (χ1) is 12.8. The minimum Gasteiger partial charge on any atom is -0.496 e. The number of halogens is 1. The van der Waals surface area contributed by atoms with Crippen molar-refractivity contribution in [2.24, 2.45) is 0 Å². The highest BCUT2D eigenvalue weighted by atomic mass is 35.5. The van der Waals surface area contributed by atoms with E-state index < -0.39 is 23.4 Å². The maximum Gasteiger partial charge on any atom is 0.342 e. The van der Waals surface area contributed by atoms with Crippen LogP contribution in [0.4, 0.5) is 5.69 Å². The summed E-state index contributed by atoms with van der Waals surface area (Å²) >= 11 is 5.92. The monoisotopic (exact) mass is 392 g/mol. The molecule has 1 amide bonds. The third-order valence-corrected chi connectivity index (χ3v) is 3.91. The summed E-state index contributed by atoms with van der Waals surface area (Å²) in [5.74, 6) is -1.32. The molecule has 2 rings (SSSR count). The second-order valence-electron chi connectivity index (χ2n) is 5.56. The Morgan fingerprint density at radius 3 is 2.63 bits per heavy atom. The molecule has 2 aromatic carbocycles. The van der Waals surface area contributed by atoms with Gasteiger partial charge in [0.15, 0.2) is 6.61 Å². The van der Waals surface area contributed by atoms with Crippen LogP contribution in [0.1, 0.15) is 28.9 Å². The van der Waals surface area contributed by atoms with Gasteiger partial charge in [-0.25, -0.2) is 4.79 Å². The van der Waals surface area contributed by atoms with Crippen LogP contribution in [-0.4, -0.2) is 30.5 Å². The Morgan fingerprint density at radius 1 is 1.26 bits per heavy atom. The Hall–Kier alpha value is -3.13. The predicted molar refractivity (Wildman–Crippen MR) is 97.9 cm³/mol. The summed E-state index contributed by atoms with van der Waals surface area (Å²) in [7, 11) is 1.32. The summed E-state index contributed by atoms with van der Waals surface area (Å²) in [5, 5.41) is 14.1. The number of carbonyl (C=O) groups is 2. The molecule has 0 aliphatic rings. The van der Waals surface area contributed by atoms with Gasteiger partial charge in [-0.1, -0.05) is 23.7 Å². The van der Waals surface area contributed by atoms with Crippen molar-refractivity contribution < 1.29 is 24.0 Å². The highest BCUT2D eigenvalue weighted by Gasteiger charge is 2.20. The van der Waals surface area contributed by atoms with Gasteiger partial charge in [0.05, 0.1) is 18.1 Å².